The normalized spacial score (nSPS) is 11.1. The molecule has 1 N–H and O–H groups in total. The Morgan fingerprint density at radius 2 is 2.00 bits per heavy atom. The van der Waals surface area contributed by atoms with Crippen LogP contribution in [0.2, 0.25) is 0 Å². The lowest BCUT2D eigenvalue weighted by Gasteiger charge is -2.10. The zero-order valence-electron chi connectivity index (χ0n) is 10.6. The molecule has 0 aliphatic carbocycles. The van der Waals surface area contributed by atoms with E-state index in [0.29, 0.717) is 0 Å². The lowest BCUT2D eigenvalue weighted by Crippen LogP contribution is -2.23. The van der Waals surface area contributed by atoms with Gasteiger partial charge >= 0.3 is 0 Å². The highest BCUT2D eigenvalue weighted by Gasteiger charge is 1.97. The van der Waals surface area contributed by atoms with Gasteiger partial charge in [-0.25, -0.2) is 0 Å². The number of benzene rings is 1. The second kappa shape index (κ2) is 8.64. The van der Waals surface area contributed by atoms with Gasteiger partial charge in [-0.2, -0.15) is 0 Å². The van der Waals surface area contributed by atoms with Crippen molar-refractivity contribution in [2.24, 2.45) is 0 Å². The fourth-order valence-electron chi connectivity index (χ4n) is 1.36. The predicted octanol–water partition coefficient (Wildman–Crippen LogP) is 2.12. The van der Waals surface area contributed by atoms with Crippen LogP contribution in [0.4, 0.5) is 0 Å². The smallest absolute Gasteiger partial charge is 0.0593 e. The fraction of sp³-hybridized carbons (Fsp3) is 0.538. The van der Waals surface area contributed by atoms with Gasteiger partial charge in [-0.3, -0.25) is 0 Å². The summed E-state index contributed by atoms with van der Waals surface area (Å²) >= 11 is 3.53. The third-order valence-corrected chi connectivity index (χ3v) is 3.15. The van der Waals surface area contributed by atoms with Crippen LogP contribution in [-0.2, 0) is 11.3 Å². The minimum absolute atomic E-state index is 0.762. The number of likely N-dealkylation sites (N-methyl/N-ethyl adjacent to an activating group) is 1. The largest absolute Gasteiger partial charge is 0.379 e. The van der Waals surface area contributed by atoms with E-state index in [9.17, 15) is 0 Å². The van der Waals surface area contributed by atoms with Gasteiger partial charge in [-0.15, -0.1) is 0 Å². The number of halogens is 1. The molecule has 0 radical (unpaired) electrons. The molecule has 1 rings (SSSR count). The minimum atomic E-state index is 0.762. The zero-order valence-corrected chi connectivity index (χ0v) is 12.2. The topological polar surface area (TPSA) is 24.5 Å². The first-order valence-electron chi connectivity index (χ1n) is 5.86. The zero-order chi connectivity index (χ0) is 12.5. The number of ether oxygens (including phenoxy) is 1. The molecule has 0 unspecified atom stereocenters. The Kier molecular flexibility index (Phi) is 7.44. The maximum atomic E-state index is 5.50. The molecule has 0 heterocycles. The summed E-state index contributed by atoms with van der Waals surface area (Å²) < 4.78 is 6.65. The third-order valence-electron chi connectivity index (χ3n) is 2.38. The van der Waals surface area contributed by atoms with E-state index in [1.165, 1.54) is 5.56 Å². The van der Waals surface area contributed by atoms with Crippen LogP contribution in [-0.4, -0.2) is 45.3 Å². The SMILES string of the molecule is CN(C)CCOCCNCc1ccccc1Br. The molecule has 0 spiro atoms. The van der Waals surface area contributed by atoms with Crippen molar-refractivity contribution in [2.45, 2.75) is 6.54 Å². The van der Waals surface area contributed by atoms with E-state index in [0.717, 1.165) is 37.3 Å². The molecular formula is C13H21BrN2O. The van der Waals surface area contributed by atoms with E-state index in [4.69, 9.17) is 4.74 Å². The van der Waals surface area contributed by atoms with Crippen molar-refractivity contribution in [1.82, 2.24) is 10.2 Å². The summed E-state index contributed by atoms with van der Waals surface area (Å²) in [7, 11) is 4.10. The molecular weight excluding hydrogens is 280 g/mol. The summed E-state index contributed by atoms with van der Waals surface area (Å²) in [5.74, 6) is 0. The van der Waals surface area contributed by atoms with E-state index in [-0.39, 0.29) is 0 Å². The Morgan fingerprint density at radius 1 is 1.24 bits per heavy atom. The van der Waals surface area contributed by atoms with E-state index in [1.54, 1.807) is 0 Å². The molecule has 0 amide bonds. The Bertz CT molecular complexity index is 318. The van der Waals surface area contributed by atoms with Crippen LogP contribution < -0.4 is 5.32 Å². The van der Waals surface area contributed by atoms with Gasteiger partial charge in [0.15, 0.2) is 0 Å². The van der Waals surface area contributed by atoms with Crippen LogP contribution in [0.1, 0.15) is 5.56 Å². The first-order valence-corrected chi connectivity index (χ1v) is 6.66. The number of rotatable bonds is 8. The van der Waals surface area contributed by atoms with E-state index in [1.807, 2.05) is 6.07 Å². The van der Waals surface area contributed by atoms with Gasteiger partial charge < -0.3 is 15.0 Å². The van der Waals surface area contributed by atoms with Crippen molar-refractivity contribution < 1.29 is 4.74 Å². The molecule has 0 aromatic heterocycles. The van der Waals surface area contributed by atoms with Crippen LogP contribution in [0.5, 0.6) is 0 Å². The van der Waals surface area contributed by atoms with Crippen LogP contribution >= 0.6 is 15.9 Å². The number of nitrogens with zero attached hydrogens (tertiary/aromatic N) is 1. The number of nitrogens with one attached hydrogen (secondary N) is 1. The lowest BCUT2D eigenvalue weighted by atomic mass is 10.2. The summed E-state index contributed by atoms with van der Waals surface area (Å²) in [6.45, 7) is 4.29. The van der Waals surface area contributed by atoms with Crippen molar-refractivity contribution in [3.05, 3.63) is 34.3 Å². The molecule has 0 saturated heterocycles. The average molecular weight is 301 g/mol. The molecule has 17 heavy (non-hydrogen) atoms. The molecule has 96 valence electrons. The Morgan fingerprint density at radius 3 is 2.71 bits per heavy atom. The molecule has 1 aromatic rings. The quantitative estimate of drug-likeness (QED) is 0.744. The summed E-state index contributed by atoms with van der Waals surface area (Å²) in [4.78, 5) is 2.12. The second-order valence-corrected chi connectivity index (χ2v) is 5.04. The van der Waals surface area contributed by atoms with Crippen molar-refractivity contribution >= 4 is 15.9 Å². The van der Waals surface area contributed by atoms with Gasteiger partial charge in [0.1, 0.15) is 0 Å². The second-order valence-electron chi connectivity index (χ2n) is 4.18. The van der Waals surface area contributed by atoms with Gasteiger partial charge in [0.2, 0.25) is 0 Å². The van der Waals surface area contributed by atoms with Crippen LogP contribution in [0.25, 0.3) is 0 Å². The summed E-state index contributed by atoms with van der Waals surface area (Å²) in [5.41, 5.74) is 1.28. The first-order chi connectivity index (χ1) is 8.20. The Labute approximate surface area is 112 Å². The van der Waals surface area contributed by atoms with Gasteiger partial charge in [-0.05, 0) is 25.7 Å². The molecule has 3 nitrogen and oxygen atoms in total. The molecule has 0 atom stereocenters. The van der Waals surface area contributed by atoms with Crippen LogP contribution in [0, 0.1) is 0 Å². The van der Waals surface area contributed by atoms with Crippen LogP contribution in [0.15, 0.2) is 28.7 Å². The van der Waals surface area contributed by atoms with Crippen molar-refractivity contribution in [3.63, 3.8) is 0 Å². The Hall–Kier alpha value is -0.420. The molecule has 1 aromatic carbocycles. The maximum Gasteiger partial charge on any atom is 0.0593 e. The summed E-state index contributed by atoms with van der Waals surface area (Å²) in [5, 5.41) is 3.36. The Balaban J connectivity index is 2.03. The average Bonchev–Trinajstić information content (AvgIpc) is 2.30. The number of hydrogen-bond acceptors (Lipinski definition) is 3. The van der Waals surface area contributed by atoms with E-state index in [2.05, 4.69) is 58.4 Å². The maximum absolute atomic E-state index is 5.50. The van der Waals surface area contributed by atoms with E-state index >= 15 is 0 Å². The summed E-state index contributed by atoms with van der Waals surface area (Å²) in [6, 6.07) is 8.25. The van der Waals surface area contributed by atoms with Gasteiger partial charge in [0.25, 0.3) is 0 Å². The highest BCUT2D eigenvalue weighted by atomic mass is 79.9. The lowest BCUT2D eigenvalue weighted by molar-refractivity contribution is 0.119. The monoisotopic (exact) mass is 300 g/mol. The number of hydrogen-bond donors (Lipinski definition) is 1. The molecule has 0 fully saturated rings. The highest BCUT2D eigenvalue weighted by molar-refractivity contribution is 9.10. The fourth-order valence-corrected chi connectivity index (χ4v) is 1.78. The van der Waals surface area contributed by atoms with Gasteiger partial charge in [0, 0.05) is 24.1 Å². The van der Waals surface area contributed by atoms with Crippen molar-refractivity contribution in [1.29, 1.82) is 0 Å². The van der Waals surface area contributed by atoms with Crippen molar-refractivity contribution in [2.75, 3.05) is 40.4 Å². The molecule has 0 saturated carbocycles. The predicted molar refractivity (Wildman–Crippen MR) is 75.2 cm³/mol. The minimum Gasteiger partial charge on any atom is -0.379 e. The molecule has 0 bridgehead atoms. The highest BCUT2D eigenvalue weighted by Crippen LogP contribution is 2.14. The van der Waals surface area contributed by atoms with Crippen LogP contribution in [0.3, 0.4) is 0 Å². The first kappa shape index (κ1) is 14.6. The van der Waals surface area contributed by atoms with Crippen molar-refractivity contribution in [3.8, 4) is 0 Å². The van der Waals surface area contributed by atoms with E-state index < -0.39 is 0 Å². The molecule has 0 aliphatic heterocycles. The molecule has 0 aliphatic rings. The summed E-state index contributed by atoms with van der Waals surface area (Å²) in [6.07, 6.45) is 0. The van der Waals surface area contributed by atoms with Gasteiger partial charge in [-0.1, -0.05) is 34.1 Å². The molecule has 4 heteroatoms. The third kappa shape index (κ3) is 6.78. The standard InChI is InChI=1S/C13H21BrN2O/c1-16(2)8-10-17-9-7-15-11-12-5-3-4-6-13(12)14/h3-6,15H,7-11H2,1-2H3. The van der Waals surface area contributed by atoms with Gasteiger partial charge in [0.05, 0.1) is 13.2 Å².